The lowest BCUT2D eigenvalue weighted by molar-refractivity contribution is 0.803. The summed E-state index contributed by atoms with van der Waals surface area (Å²) in [6.45, 7) is 6.25. The second-order valence-corrected chi connectivity index (χ2v) is 3.40. The van der Waals surface area contributed by atoms with Crippen molar-refractivity contribution >= 4 is 11.6 Å². The first-order chi connectivity index (χ1) is 5.63. The van der Waals surface area contributed by atoms with Crippen LogP contribution in [0.1, 0.15) is 38.1 Å². The predicted molar refractivity (Wildman–Crippen MR) is 50.5 cm³/mol. The van der Waals surface area contributed by atoms with Crippen molar-refractivity contribution in [3.63, 3.8) is 0 Å². The Morgan fingerprint density at radius 3 is 2.58 bits per heavy atom. The number of hydrogen-bond donors (Lipinski definition) is 0. The van der Waals surface area contributed by atoms with Crippen LogP contribution in [0.3, 0.4) is 0 Å². The quantitative estimate of drug-likeness (QED) is 0.661. The van der Waals surface area contributed by atoms with Crippen molar-refractivity contribution in [3.05, 3.63) is 22.7 Å². The highest BCUT2D eigenvalue weighted by atomic mass is 35.5. The van der Waals surface area contributed by atoms with E-state index in [1.54, 1.807) is 0 Å². The average Bonchev–Trinajstić information content (AvgIpc) is 2.03. The molecule has 0 radical (unpaired) electrons. The number of hydrogen-bond acceptors (Lipinski definition) is 2. The summed E-state index contributed by atoms with van der Waals surface area (Å²) in [6, 6.07) is 2.01. The van der Waals surface area contributed by atoms with Crippen molar-refractivity contribution in [3.8, 4) is 0 Å². The topological polar surface area (TPSA) is 25.8 Å². The number of aryl methyl sites for hydroxylation is 1. The Hall–Kier alpha value is -0.630. The van der Waals surface area contributed by atoms with E-state index in [1.807, 2.05) is 6.07 Å². The lowest BCUT2D eigenvalue weighted by Crippen LogP contribution is -1.98. The summed E-state index contributed by atoms with van der Waals surface area (Å²) >= 11 is 5.75. The van der Waals surface area contributed by atoms with Crippen molar-refractivity contribution in [2.75, 3.05) is 0 Å². The molecule has 0 unspecified atom stereocenters. The third-order valence-electron chi connectivity index (χ3n) is 1.73. The summed E-state index contributed by atoms with van der Waals surface area (Å²) in [4.78, 5) is 8.22. The van der Waals surface area contributed by atoms with Gasteiger partial charge >= 0.3 is 0 Å². The molecule has 0 saturated heterocycles. The van der Waals surface area contributed by atoms with Gasteiger partial charge < -0.3 is 0 Å². The van der Waals surface area contributed by atoms with Crippen LogP contribution in [-0.4, -0.2) is 9.97 Å². The maximum absolute atomic E-state index is 5.75. The second-order valence-electron chi connectivity index (χ2n) is 3.06. The summed E-state index contributed by atoms with van der Waals surface area (Å²) < 4.78 is 0. The first kappa shape index (κ1) is 9.46. The van der Waals surface area contributed by atoms with Crippen LogP contribution in [0.2, 0.25) is 5.28 Å². The smallest absolute Gasteiger partial charge is 0.222 e. The molecule has 0 aliphatic carbocycles. The number of halogens is 1. The molecule has 0 amide bonds. The van der Waals surface area contributed by atoms with Gasteiger partial charge in [0.05, 0.1) is 0 Å². The highest BCUT2D eigenvalue weighted by Gasteiger charge is 2.04. The van der Waals surface area contributed by atoms with Gasteiger partial charge in [0.15, 0.2) is 0 Å². The maximum atomic E-state index is 5.75. The van der Waals surface area contributed by atoms with Crippen molar-refractivity contribution in [1.82, 2.24) is 9.97 Å². The minimum Gasteiger partial charge on any atom is -0.223 e. The van der Waals surface area contributed by atoms with E-state index in [2.05, 4.69) is 30.7 Å². The SMILES string of the molecule is CCc1cc(C(C)C)nc(Cl)n1. The zero-order valence-corrected chi connectivity index (χ0v) is 8.39. The van der Waals surface area contributed by atoms with Crippen molar-refractivity contribution in [2.24, 2.45) is 0 Å². The molecule has 0 bridgehead atoms. The van der Waals surface area contributed by atoms with Crippen LogP contribution in [0.15, 0.2) is 6.07 Å². The van der Waals surface area contributed by atoms with E-state index in [-0.39, 0.29) is 0 Å². The van der Waals surface area contributed by atoms with E-state index in [4.69, 9.17) is 11.6 Å². The van der Waals surface area contributed by atoms with Crippen LogP contribution in [0, 0.1) is 0 Å². The summed E-state index contributed by atoms with van der Waals surface area (Å²) in [5, 5.41) is 0.359. The van der Waals surface area contributed by atoms with Gasteiger partial charge in [-0.2, -0.15) is 0 Å². The van der Waals surface area contributed by atoms with Gasteiger partial charge in [0.2, 0.25) is 5.28 Å². The van der Waals surface area contributed by atoms with Gasteiger partial charge in [0, 0.05) is 11.4 Å². The van der Waals surface area contributed by atoms with Crippen LogP contribution in [-0.2, 0) is 6.42 Å². The highest BCUT2D eigenvalue weighted by Crippen LogP contribution is 2.14. The molecule has 1 rings (SSSR count). The molecule has 0 N–H and O–H groups in total. The largest absolute Gasteiger partial charge is 0.223 e. The van der Waals surface area contributed by atoms with Crippen molar-refractivity contribution < 1.29 is 0 Å². The molecule has 12 heavy (non-hydrogen) atoms. The second kappa shape index (κ2) is 3.85. The molecule has 1 aromatic heterocycles. The monoisotopic (exact) mass is 184 g/mol. The third-order valence-corrected chi connectivity index (χ3v) is 1.89. The molecule has 0 fully saturated rings. The number of nitrogens with zero attached hydrogens (tertiary/aromatic N) is 2. The number of rotatable bonds is 2. The molecule has 0 aliphatic heterocycles. The predicted octanol–water partition coefficient (Wildman–Crippen LogP) is 2.82. The Morgan fingerprint density at radius 1 is 1.42 bits per heavy atom. The van der Waals surface area contributed by atoms with Crippen LogP contribution < -0.4 is 0 Å². The van der Waals surface area contributed by atoms with Gasteiger partial charge in [-0.15, -0.1) is 0 Å². The Balaban J connectivity index is 3.06. The third kappa shape index (κ3) is 2.18. The Kier molecular flexibility index (Phi) is 3.04. The molecule has 0 aliphatic rings. The van der Waals surface area contributed by atoms with Gasteiger partial charge in [-0.05, 0) is 30.0 Å². The highest BCUT2D eigenvalue weighted by molar-refractivity contribution is 6.28. The fraction of sp³-hybridized carbons (Fsp3) is 0.556. The van der Waals surface area contributed by atoms with Gasteiger partial charge in [-0.1, -0.05) is 20.8 Å². The number of aromatic nitrogens is 2. The molecule has 1 heterocycles. The fourth-order valence-electron chi connectivity index (χ4n) is 0.962. The Labute approximate surface area is 78.0 Å². The fourth-order valence-corrected chi connectivity index (χ4v) is 1.17. The molecule has 1 aromatic rings. The molecule has 0 aromatic carbocycles. The van der Waals surface area contributed by atoms with Crippen LogP contribution in [0.4, 0.5) is 0 Å². The summed E-state index contributed by atoms with van der Waals surface area (Å²) in [7, 11) is 0. The van der Waals surface area contributed by atoms with E-state index < -0.39 is 0 Å². The molecule has 2 nitrogen and oxygen atoms in total. The first-order valence-corrected chi connectivity index (χ1v) is 4.54. The molecule has 3 heteroatoms. The van der Waals surface area contributed by atoms with Gasteiger partial charge in [0.25, 0.3) is 0 Å². The van der Waals surface area contributed by atoms with E-state index in [1.165, 1.54) is 0 Å². The summed E-state index contributed by atoms with van der Waals surface area (Å²) in [6.07, 6.45) is 0.905. The molecule has 0 atom stereocenters. The Morgan fingerprint density at radius 2 is 2.08 bits per heavy atom. The average molecular weight is 185 g/mol. The van der Waals surface area contributed by atoms with Crippen LogP contribution >= 0.6 is 11.6 Å². The van der Waals surface area contributed by atoms with Gasteiger partial charge in [0.1, 0.15) is 0 Å². The maximum Gasteiger partial charge on any atom is 0.222 e. The zero-order valence-electron chi connectivity index (χ0n) is 7.63. The van der Waals surface area contributed by atoms with E-state index in [9.17, 15) is 0 Å². The minimum atomic E-state index is 0.359. The molecular weight excluding hydrogens is 172 g/mol. The lowest BCUT2D eigenvalue weighted by atomic mass is 10.1. The van der Waals surface area contributed by atoms with Crippen molar-refractivity contribution in [2.45, 2.75) is 33.1 Å². The minimum absolute atomic E-state index is 0.359. The van der Waals surface area contributed by atoms with E-state index in [0.29, 0.717) is 11.2 Å². The molecule has 0 spiro atoms. The van der Waals surface area contributed by atoms with Crippen LogP contribution in [0.25, 0.3) is 0 Å². The standard InChI is InChI=1S/C9H13ClN2/c1-4-7-5-8(6(2)3)12-9(10)11-7/h5-6H,4H2,1-3H3. The zero-order chi connectivity index (χ0) is 9.14. The van der Waals surface area contributed by atoms with Crippen LogP contribution in [0.5, 0.6) is 0 Å². The van der Waals surface area contributed by atoms with E-state index >= 15 is 0 Å². The van der Waals surface area contributed by atoms with E-state index in [0.717, 1.165) is 17.8 Å². The van der Waals surface area contributed by atoms with Crippen molar-refractivity contribution in [1.29, 1.82) is 0 Å². The lowest BCUT2D eigenvalue weighted by Gasteiger charge is -2.05. The Bertz CT molecular complexity index is 271. The molecule has 0 saturated carbocycles. The molecular formula is C9H13ClN2. The summed E-state index contributed by atoms with van der Waals surface area (Å²) in [5.74, 6) is 0.413. The van der Waals surface area contributed by atoms with Gasteiger partial charge in [-0.3, -0.25) is 0 Å². The first-order valence-electron chi connectivity index (χ1n) is 4.16. The summed E-state index contributed by atoms with van der Waals surface area (Å²) in [5.41, 5.74) is 2.03. The van der Waals surface area contributed by atoms with Gasteiger partial charge in [-0.25, -0.2) is 9.97 Å². The normalized spacial score (nSPS) is 10.8. The molecule has 66 valence electrons.